The van der Waals surface area contributed by atoms with Gasteiger partial charge in [0.1, 0.15) is 0 Å². The van der Waals surface area contributed by atoms with Gasteiger partial charge in [-0.05, 0) is 44.4 Å². The quantitative estimate of drug-likeness (QED) is 0.554. The van der Waals surface area contributed by atoms with Crippen LogP contribution in [0.4, 0.5) is 0 Å². The van der Waals surface area contributed by atoms with Crippen LogP contribution in [0.2, 0.25) is 0 Å². The highest BCUT2D eigenvalue weighted by Gasteiger charge is 2.15. The molecule has 0 spiro atoms. The van der Waals surface area contributed by atoms with Crippen molar-refractivity contribution in [2.24, 2.45) is 14.1 Å². The van der Waals surface area contributed by atoms with Crippen molar-refractivity contribution in [1.29, 1.82) is 0 Å². The molecule has 1 N–H and O–H groups in total. The predicted molar refractivity (Wildman–Crippen MR) is 120 cm³/mol. The Morgan fingerprint density at radius 2 is 1.74 bits per heavy atom. The Morgan fingerprint density at radius 1 is 1.03 bits per heavy atom. The molecule has 3 aromatic rings. The first-order valence-electron chi connectivity index (χ1n) is 10.3. The summed E-state index contributed by atoms with van der Waals surface area (Å²) in [5, 5.41) is 3.61. The molecule has 168 valence electrons. The van der Waals surface area contributed by atoms with Crippen molar-refractivity contribution >= 4 is 11.2 Å². The van der Waals surface area contributed by atoms with Crippen LogP contribution < -0.4 is 26.0 Å². The van der Waals surface area contributed by atoms with E-state index in [0.717, 1.165) is 34.5 Å². The Labute approximate surface area is 181 Å². The van der Waals surface area contributed by atoms with Gasteiger partial charge in [-0.15, -0.1) is 0 Å². The second-order valence-electron chi connectivity index (χ2n) is 7.97. The first-order valence-corrected chi connectivity index (χ1v) is 10.3. The van der Waals surface area contributed by atoms with Gasteiger partial charge in [0, 0.05) is 32.7 Å². The normalized spacial score (nSPS) is 13.4. The fourth-order valence-electron chi connectivity index (χ4n) is 3.89. The van der Waals surface area contributed by atoms with E-state index in [0.29, 0.717) is 17.7 Å². The number of nitrogens with zero attached hydrogens (tertiary/aromatic N) is 4. The summed E-state index contributed by atoms with van der Waals surface area (Å²) in [5.74, 6) is 1.44. The Kier molecular flexibility index (Phi) is 6.84. The average Bonchev–Trinajstić information content (AvgIpc) is 3.18. The molecule has 0 bridgehead atoms. The highest BCUT2D eigenvalue weighted by atomic mass is 16.5. The van der Waals surface area contributed by atoms with Gasteiger partial charge in [-0.1, -0.05) is 6.07 Å². The number of ether oxygens (including phenoxy) is 2. The number of rotatable bonds is 9. The molecular weight excluding hydrogens is 398 g/mol. The van der Waals surface area contributed by atoms with Gasteiger partial charge in [0.25, 0.3) is 5.56 Å². The molecule has 3 rings (SSSR count). The Hall–Kier alpha value is -3.07. The molecular formula is C22H31N5O4. The van der Waals surface area contributed by atoms with E-state index in [9.17, 15) is 9.59 Å². The minimum atomic E-state index is -0.373. The number of imidazole rings is 1. The number of hydrogen-bond donors (Lipinski definition) is 1. The summed E-state index contributed by atoms with van der Waals surface area (Å²) in [7, 11) is 6.38. The lowest BCUT2D eigenvalue weighted by atomic mass is 10.1. The standard InChI is InChI=1S/C22H31N5O4/c1-14(24-15(2)11-16-7-8-17(30-5)18(12-16)31-6)9-10-27-13-23-20-19(27)21(28)26(4)22(29)25(20)3/h7-8,12-15,24H,9-11H2,1-6H3. The van der Waals surface area contributed by atoms with Crippen molar-refractivity contribution in [3.63, 3.8) is 0 Å². The summed E-state index contributed by atoms with van der Waals surface area (Å²) in [6.07, 6.45) is 3.29. The van der Waals surface area contributed by atoms with Crippen molar-refractivity contribution in [2.45, 2.75) is 45.3 Å². The van der Waals surface area contributed by atoms with Crippen LogP contribution in [0.15, 0.2) is 34.1 Å². The lowest BCUT2D eigenvalue weighted by Crippen LogP contribution is -2.38. The highest BCUT2D eigenvalue weighted by Crippen LogP contribution is 2.28. The van der Waals surface area contributed by atoms with E-state index < -0.39 is 0 Å². The summed E-state index contributed by atoms with van der Waals surface area (Å²) < 4.78 is 15.0. The van der Waals surface area contributed by atoms with E-state index in [1.807, 2.05) is 22.8 Å². The van der Waals surface area contributed by atoms with E-state index in [-0.39, 0.29) is 23.3 Å². The maximum atomic E-state index is 12.6. The monoisotopic (exact) mass is 429 g/mol. The first-order chi connectivity index (χ1) is 14.8. The Balaban J connectivity index is 1.64. The molecule has 2 heterocycles. The van der Waals surface area contributed by atoms with E-state index in [1.165, 1.54) is 11.6 Å². The number of aromatic nitrogens is 4. The lowest BCUT2D eigenvalue weighted by molar-refractivity contribution is 0.354. The molecule has 0 aliphatic heterocycles. The Bertz CT molecular complexity index is 1180. The third-order valence-corrected chi connectivity index (χ3v) is 5.58. The topological polar surface area (TPSA) is 92.3 Å². The maximum absolute atomic E-state index is 12.6. The van der Waals surface area contributed by atoms with E-state index >= 15 is 0 Å². The summed E-state index contributed by atoms with van der Waals surface area (Å²) in [5.41, 5.74) is 1.33. The van der Waals surface area contributed by atoms with Crippen LogP contribution in [0, 0.1) is 0 Å². The lowest BCUT2D eigenvalue weighted by Gasteiger charge is -2.21. The molecule has 0 radical (unpaired) electrons. The third-order valence-electron chi connectivity index (χ3n) is 5.58. The van der Waals surface area contributed by atoms with Crippen LogP contribution in [-0.4, -0.2) is 45.0 Å². The zero-order chi connectivity index (χ0) is 22.7. The minimum absolute atomic E-state index is 0.226. The predicted octanol–water partition coefficient (Wildman–Crippen LogP) is 1.45. The summed E-state index contributed by atoms with van der Waals surface area (Å²) in [4.78, 5) is 28.9. The molecule has 31 heavy (non-hydrogen) atoms. The zero-order valence-electron chi connectivity index (χ0n) is 19.0. The Morgan fingerprint density at radius 3 is 2.42 bits per heavy atom. The average molecular weight is 430 g/mol. The summed E-state index contributed by atoms with van der Waals surface area (Å²) in [6.45, 7) is 4.89. The van der Waals surface area contributed by atoms with Gasteiger partial charge < -0.3 is 19.4 Å². The van der Waals surface area contributed by atoms with Gasteiger partial charge in [0.15, 0.2) is 22.7 Å². The molecule has 2 unspecified atom stereocenters. The van der Waals surface area contributed by atoms with E-state index in [4.69, 9.17) is 9.47 Å². The molecule has 2 atom stereocenters. The van der Waals surface area contributed by atoms with Gasteiger partial charge >= 0.3 is 5.69 Å². The van der Waals surface area contributed by atoms with Gasteiger partial charge in [-0.25, -0.2) is 9.78 Å². The summed E-state index contributed by atoms with van der Waals surface area (Å²) in [6, 6.07) is 6.44. The van der Waals surface area contributed by atoms with Crippen LogP contribution in [0.5, 0.6) is 11.5 Å². The SMILES string of the molecule is COc1ccc(CC(C)NC(C)CCn2cnc3c2c(=O)n(C)c(=O)n3C)cc1OC. The van der Waals surface area contributed by atoms with Crippen molar-refractivity contribution in [2.75, 3.05) is 14.2 Å². The second-order valence-corrected chi connectivity index (χ2v) is 7.97. The van der Waals surface area contributed by atoms with Crippen LogP contribution >= 0.6 is 0 Å². The molecule has 0 aliphatic rings. The smallest absolute Gasteiger partial charge is 0.332 e. The van der Waals surface area contributed by atoms with Gasteiger partial charge in [0.05, 0.1) is 20.5 Å². The van der Waals surface area contributed by atoms with Crippen LogP contribution in [0.1, 0.15) is 25.8 Å². The van der Waals surface area contributed by atoms with Crippen LogP contribution in [-0.2, 0) is 27.1 Å². The number of hydrogen-bond acceptors (Lipinski definition) is 6. The number of benzene rings is 1. The molecule has 0 fully saturated rings. The fraction of sp³-hybridized carbons (Fsp3) is 0.500. The van der Waals surface area contributed by atoms with Crippen molar-refractivity contribution < 1.29 is 9.47 Å². The third kappa shape index (κ3) is 4.66. The molecule has 0 amide bonds. The molecule has 2 aromatic heterocycles. The number of nitrogens with one attached hydrogen (secondary N) is 1. The van der Waals surface area contributed by atoms with Crippen molar-refractivity contribution in [3.05, 3.63) is 50.9 Å². The molecule has 0 aliphatic carbocycles. The molecule has 9 nitrogen and oxygen atoms in total. The van der Waals surface area contributed by atoms with Gasteiger partial charge in [0.2, 0.25) is 0 Å². The van der Waals surface area contributed by atoms with Gasteiger partial charge in [-0.2, -0.15) is 0 Å². The largest absolute Gasteiger partial charge is 0.493 e. The number of fused-ring (bicyclic) bond motifs is 1. The summed E-state index contributed by atoms with van der Waals surface area (Å²) >= 11 is 0. The van der Waals surface area contributed by atoms with E-state index in [2.05, 4.69) is 24.1 Å². The van der Waals surface area contributed by atoms with Crippen molar-refractivity contribution in [1.82, 2.24) is 24.0 Å². The fourth-order valence-corrected chi connectivity index (χ4v) is 3.89. The minimum Gasteiger partial charge on any atom is -0.493 e. The molecule has 9 heteroatoms. The maximum Gasteiger partial charge on any atom is 0.332 e. The highest BCUT2D eigenvalue weighted by molar-refractivity contribution is 5.69. The van der Waals surface area contributed by atoms with Crippen LogP contribution in [0.3, 0.4) is 0 Å². The number of aryl methyl sites for hydroxylation is 2. The zero-order valence-corrected chi connectivity index (χ0v) is 19.0. The van der Waals surface area contributed by atoms with Crippen molar-refractivity contribution in [3.8, 4) is 11.5 Å². The first kappa shape index (κ1) is 22.6. The van der Waals surface area contributed by atoms with Gasteiger partial charge in [-0.3, -0.25) is 13.9 Å². The molecule has 0 saturated heterocycles. The molecule has 1 aromatic carbocycles. The van der Waals surface area contributed by atoms with Crippen LogP contribution in [0.25, 0.3) is 11.2 Å². The second kappa shape index (κ2) is 9.38. The van der Waals surface area contributed by atoms with E-state index in [1.54, 1.807) is 27.6 Å². The molecule has 0 saturated carbocycles. The number of methoxy groups -OCH3 is 2.